The number of ether oxygens (including phenoxy) is 2. The van der Waals surface area contributed by atoms with Crippen molar-refractivity contribution in [2.75, 3.05) is 38.3 Å². The van der Waals surface area contributed by atoms with Crippen molar-refractivity contribution in [3.63, 3.8) is 0 Å². The number of carbonyl (C=O) groups is 2. The lowest BCUT2D eigenvalue weighted by Crippen LogP contribution is -2.42. The molecule has 0 aromatic heterocycles. The van der Waals surface area contributed by atoms with Gasteiger partial charge in [-0.2, -0.15) is 0 Å². The lowest BCUT2D eigenvalue weighted by atomic mass is 10.1. The summed E-state index contributed by atoms with van der Waals surface area (Å²) in [5.74, 6) is 0.370. The van der Waals surface area contributed by atoms with Gasteiger partial charge in [-0.15, -0.1) is 0 Å². The second-order valence-corrected chi connectivity index (χ2v) is 6.37. The molecular weight excluding hydrogens is 332 g/mol. The Morgan fingerprint density at radius 2 is 1.88 bits per heavy atom. The molecule has 2 aliphatic rings. The van der Waals surface area contributed by atoms with E-state index in [4.69, 9.17) is 9.47 Å². The van der Waals surface area contributed by atoms with E-state index in [0.29, 0.717) is 30.0 Å². The number of anilines is 2. The summed E-state index contributed by atoms with van der Waals surface area (Å²) in [6.07, 6.45) is 1.07. The number of hydrogen-bond donors (Lipinski definition) is 0. The van der Waals surface area contributed by atoms with Gasteiger partial charge in [0.15, 0.2) is 0 Å². The third-order valence-corrected chi connectivity index (χ3v) is 4.79. The lowest BCUT2D eigenvalue weighted by Gasteiger charge is -2.33. The van der Waals surface area contributed by atoms with Crippen molar-refractivity contribution in [2.45, 2.75) is 6.42 Å². The molecule has 6 nitrogen and oxygen atoms in total. The number of methoxy groups -OCH3 is 1. The van der Waals surface area contributed by atoms with Crippen LogP contribution in [0.3, 0.4) is 0 Å². The average Bonchev–Trinajstić information content (AvgIpc) is 2.65. The average molecular weight is 352 g/mol. The Morgan fingerprint density at radius 3 is 2.62 bits per heavy atom. The van der Waals surface area contributed by atoms with Gasteiger partial charge in [0.25, 0.3) is 5.91 Å². The molecule has 2 heterocycles. The minimum Gasteiger partial charge on any atom is -0.490 e. The first-order valence-corrected chi connectivity index (χ1v) is 8.69. The molecule has 0 spiro atoms. The highest BCUT2D eigenvalue weighted by atomic mass is 16.5. The molecule has 0 bridgehead atoms. The summed E-state index contributed by atoms with van der Waals surface area (Å²) in [6.45, 7) is 2.82. The molecule has 0 atom stereocenters. The first kappa shape index (κ1) is 16.4. The Labute approximate surface area is 151 Å². The van der Waals surface area contributed by atoms with Crippen LogP contribution in [0.1, 0.15) is 27.1 Å². The van der Waals surface area contributed by atoms with Crippen molar-refractivity contribution >= 4 is 23.3 Å². The molecule has 2 aliphatic heterocycles. The molecule has 0 saturated carbocycles. The molecule has 0 unspecified atom stereocenters. The zero-order chi connectivity index (χ0) is 18.1. The number of nitrogens with zero attached hydrogens (tertiary/aromatic N) is 2. The number of carbonyl (C=O) groups excluding carboxylic acids is 2. The standard InChI is InChI=1S/C20H20N2O4/c1-25-20(24)15-4-2-5-16(12-15)22-10-11-26-18-13-14(6-7-17(18)22)19(23)21-8-3-9-21/h2,4-7,12-13H,3,8-11H2,1H3. The molecule has 2 aromatic rings. The maximum atomic E-state index is 12.4. The van der Waals surface area contributed by atoms with Gasteiger partial charge in [-0.25, -0.2) is 4.79 Å². The minimum atomic E-state index is -0.365. The fraction of sp³-hybridized carbons (Fsp3) is 0.300. The van der Waals surface area contributed by atoms with E-state index in [1.807, 2.05) is 35.2 Å². The number of esters is 1. The van der Waals surface area contributed by atoms with E-state index < -0.39 is 0 Å². The quantitative estimate of drug-likeness (QED) is 0.795. The van der Waals surface area contributed by atoms with Crippen molar-refractivity contribution in [1.29, 1.82) is 0 Å². The Kier molecular flexibility index (Phi) is 4.24. The van der Waals surface area contributed by atoms with Crippen molar-refractivity contribution in [2.24, 2.45) is 0 Å². The molecule has 1 fully saturated rings. The van der Waals surface area contributed by atoms with Crippen LogP contribution in [-0.4, -0.2) is 50.1 Å². The first-order chi connectivity index (χ1) is 12.7. The monoisotopic (exact) mass is 352 g/mol. The normalized spacial score (nSPS) is 15.6. The van der Waals surface area contributed by atoms with Crippen LogP contribution in [0.5, 0.6) is 5.75 Å². The van der Waals surface area contributed by atoms with E-state index in [0.717, 1.165) is 30.9 Å². The van der Waals surface area contributed by atoms with Crippen LogP contribution in [-0.2, 0) is 4.74 Å². The second-order valence-electron chi connectivity index (χ2n) is 6.37. The Morgan fingerprint density at radius 1 is 1.04 bits per heavy atom. The van der Waals surface area contributed by atoms with Gasteiger partial charge in [-0.1, -0.05) is 6.07 Å². The molecule has 0 N–H and O–H groups in total. The van der Waals surface area contributed by atoms with Gasteiger partial charge >= 0.3 is 5.97 Å². The molecule has 0 radical (unpaired) electrons. The topological polar surface area (TPSA) is 59.1 Å². The Hall–Kier alpha value is -3.02. The maximum absolute atomic E-state index is 12.4. The van der Waals surface area contributed by atoms with E-state index in [2.05, 4.69) is 4.90 Å². The van der Waals surface area contributed by atoms with Gasteiger partial charge in [0, 0.05) is 24.3 Å². The minimum absolute atomic E-state index is 0.0486. The Bertz CT molecular complexity index is 861. The number of benzene rings is 2. The zero-order valence-electron chi connectivity index (χ0n) is 14.6. The van der Waals surface area contributed by atoms with Crippen LogP contribution in [0.4, 0.5) is 11.4 Å². The molecule has 134 valence electrons. The number of fused-ring (bicyclic) bond motifs is 1. The van der Waals surface area contributed by atoms with Crippen LogP contribution >= 0.6 is 0 Å². The molecule has 4 rings (SSSR count). The summed E-state index contributed by atoms with van der Waals surface area (Å²) in [7, 11) is 1.37. The van der Waals surface area contributed by atoms with Crippen molar-refractivity contribution in [3.8, 4) is 5.75 Å². The summed E-state index contributed by atoms with van der Waals surface area (Å²) in [6, 6.07) is 12.9. The highest BCUT2D eigenvalue weighted by molar-refractivity contribution is 5.96. The Balaban J connectivity index is 1.65. The summed E-state index contributed by atoms with van der Waals surface area (Å²) in [5, 5.41) is 0. The van der Waals surface area contributed by atoms with Gasteiger partial charge in [0.05, 0.1) is 24.9 Å². The molecule has 1 amide bonds. The van der Waals surface area contributed by atoms with Gasteiger partial charge < -0.3 is 19.3 Å². The maximum Gasteiger partial charge on any atom is 0.337 e. The van der Waals surface area contributed by atoms with Gasteiger partial charge in [-0.05, 0) is 42.8 Å². The van der Waals surface area contributed by atoms with E-state index in [1.54, 1.807) is 12.1 Å². The van der Waals surface area contributed by atoms with Gasteiger partial charge in [0.1, 0.15) is 12.4 Å². The fourth-order valence-electron chi connectivity index (χ4n) is 3.24. The first-order valence-electron chi connectivity index (χ1n) is 8.69. The third-order valence-electron chi connectivity index (χ3n) is 4.79. The van der Waals surface area contributed by atoms with Crippen molar-refractivity contribution < 1.29 is 19.1 Å². The summed E-state index contributed by atoms with van der Waals surface area (Å²) in [5.41, 5.74) is 2.92. The lowest BCUT2D eigenvalue weighted by molar-refractivity contribution is 0.0599. The summed E-state index contributed by atoms with van der Waals surface area (Å²) in [4.78, 5) is 28.1. The highest BCUT2D eigenvalue weighted by Gasteiger charge is 2.25. The van der Waals surface area contributed by atoms with Crippen LogP contribution in [0, 0.1) is 0 Å². The predicted molar refractivity (Wildman–Crippen MR) is 97.2 cm³/mol. The molecule has 1 saturated heterocycles. The van der Waals surface area contributed by atoms with E-state index >= 15 is 0 Å². The van der Waals surface area contributed by atoms with Crippen LogP contribution in [0.15, 0.2) is 42.5 Å². The van der Waals surface area contributed by atoms with Crippen molar-refractivity contribution in [3.05, 3.63) is 53.6 Å². The number of likely N-dealkylation sites (tertiary alicyclic amines) is 1. The summed E-state index contributed by atoms with van der Waals surface area (Å²) < 4.78 is 10.6. The van der Waals surface area contributed by atoms with Gasteiger partial charge in [0.2, 0.25) is 0 Å². The SMILES string of the molecule is COC(=O)c1cccc(N2CCOc3cc(C(=O)N4CCC4)ccc32)c1. The summed E-state index contributed by atoms with van der Waals surface area (Å²) >= 11 is 0. The molecule has 2 aromatic carbocycles. The highest BCUT2D eigenvalue weighted by Crippen LogP contribution is 2.37. The van der Waals surface area contributed by atoms with E-state index in [9.17, 15) is 9.59 Å². The molecule has 26 heavy (non-hydrogen) atoms. The van der Waals surface area contributed by atoms with Crippen LogP contribution < -0.4 is 9.64 Å². The van der Waals surface area contributed by atoms with E-state index in [-0.39, 0.29) is 11.9 Å². The largest absolute Gasteiger partial charge is 0.490 e. The zero-order valence-corrected chi connectivity index (χ0v) is 14.6. The number of amides is 1. The number of rotatable bonds is 3. The smallest absolute Gasteiger partial charge is 0.337 e. The van der Waals surface area contributed by atoms with E-state index in [1.165, 1.54) is 7.11 Å². The third kappa shape index (κ3) is 2.87. The van der Waals surface area contributed by atoms with Gasteiger partial charge in [-0.3, -0.25) is 4.79 Å². The molecule has 0 aliphatic carbocycles. The fourth-order valence-corrected chi connectivity index (χ4v) is 3.24. The van der Waals surface area contributed by atoms with Crippen molar-refractivity contribution in [1.82, 2.24) is 4.90 Å². The van der Waals surface area contributed by atoms with Crippen LogP contribution in [0.25, 0.3) is 0 Å². The number of hydrogen-bond acceptors (Lipinski definition) is 5. The second kappa shape index (κ2) is 6.71. The van der Waals surface area contributed by atoms with Crippen LogP contribution in [0.2, 0.25) is 0 Å². The predicted octanol–water partition coefficient (Wildman–Crippen LogP) is 2.85. The molecule has 6 heteroatoms. The molecular formula is C20H20N2O4.